The summed E-state index contributed by atoms with van der Waals surface area (Å²) in [4.78, 5) is 32.6. The SMILES string of the molecule is Cc1cc(N2CCn3c2nc2c3c(=O)[nH]c(=O)n2C)ccc1O. The smallest absolute Gasteiger partial charge is 0.329 e. The van der Waals surface area contributed by atoms with Crippen molar-refractivity contribution in [2.75, 3.05) is 11.4 Å². The molecule has 1 aliphatic heterocycles. The van der Waals surface area contributed by atoms with E-state index in [1.807, 2.05) is 22.5 Å². The van der Waals surface area contributed by atoms with E-state index in [4.69, 9.17) is 0 Å². The third-order valence-electron chi connectivity index (χ3n) is 4.27. The number of hydrogen-bond acceptors (Lipinski definition) is 5. The zero-order valence-electron chi connectivity index (χ0n) is 12.7. The molecule has 0 unspecified atom stereocenters. The summed E-state index contributed by atoms with van der Waals surface area (Å²) in [6.07, 6.45) is 0. The zero-order valence-corrected chi connectivity index (χ0v) is 12.7. The summed E-state index contributed by atoms with van der Waals surface area (Å²) in [6, 6.07) is 5.31. The number of benzene rings is 1. The number of imidazole rings is 1. The first-order valence-corrected chi connectivity index (χ1v) is 7.24. The number of aromatic amines is 1. The van der Waals surface area contributed by atoms with Crippen molar-refractivity contribution in [1.82, 2.24) is 19.1 Å². The maximum Gasteiger partial charge on any atom is 0.329 e. The van der Waals surface area contributed by atoms with E-state index in [0.29, 0.717) is 30.2 Å². The van der Waals surface area contributed by atoms with E-state index in [1.54, 1.807) is 19.2 Å². The zero-order chi connectivity index (χ0) is 16.3. The minimum Gasteiger partial charge on any atom is -0.508 e. The van der Waals surface area contributed by atoms with Crippen LogP contribution in [0.15, 0.2) is 27.8 Å². The van der Waals surface area contributed by atoms with Crippen LogP contribution in [-0.2, 0) is 13.6 Å². The molecule has 0 fully saturated rings. The first-order valence-electron chi connectivity index (χ1n) is 7.24. The van der Waals surface area contributed by atoms with E-state index in [1.165, 1.54) is 4.57 Å². The first kappa shape index (κ1) is 13.6. The van der Waals surface area contributed by atoms with Crippen LogP contribution in [0.5, 0.6) is 5.75 Å². The standard InChI is InChI=1S/C15H15N5O3/c1-8-7-9(3-4-10(8)21)19-5-6-20-11-12(16-14(19)20)18(2)15(23)17-13(11)22/h3-4,7,21H,5-6H2,1-2H3,(H,17,22,23). The number of fused-ring (bicyclic) bond motifs is 3. The lowest BCUT2D eigenvalue weighted by Crippen LogP contribution is -2.29. The number of aromatic hydroxyl groups is 1. The highest BCUT2D eigenvalue weighted by Gasteiger charge is 2.27. The van der Waals surface area contributed by atoms with Gasteiger partial charge in [-0.1, -0.05) is 0 Å². The summed E-state index contributed by atoms with van der Waals surface area (Å²) in [6.45, 7) is 3.10. The number of hydrogen-bond donors (Lipinski definition) is 2. The molecule has 0 saturated heterocycles. The van der Waals surface area contributed by atoms with Gasteiger partial charge in [-0.3, -0.25) is 14.3 Å². The Morgan fingerprint density at radius 3 is 2.78 bits per heavy atom. The van der Waals surface area contributed by atoms with Gasteiger partial charge in [0.15, 0.2) is 11.2 Å². The number of aryl methyl sites for hydroxylation is 2. The molecule has 0 spiro atoms. The molecule has 1 aromatic carbocycles. The number of H-pyrrole nitrogens is 1. The number of nitrogens with one attached hydrogen (secondary N) is 1. The Kier molecular flexibility index (Phi) is 2.65. The van der Waals surface area contributed by atoms with Gasteiger partial charge in [-0.2, -0.15) is 4.98 Å². The quantitative estimate of drug-likeness (QED) is 0.685. The van der Waals surface area contributed by atoms with E-state index < -0.39 is 11.2 Å². The maximum absolute atomic E-state index is 12.1. The van der Waals surface area contributed by atoms with Gasteiger partial charge in [0.05, 0.1) is 0 Å². The molecule has 8 nitrogen and oxygen atoms in total. The molecule has 0 amide bonds. The van der Waals surface area contributed by atoms with Gasteiger partial charge in [-0.25, -0.2) is 4.79 Å². The number of phenols is 1. The Morgan fingerprint density at radius 1 is 1.26 bits per heavy atom. The average molecular weight is 313 g/mol. The van der Waals surface area contributed by atoms with Crippen LogP contribution in [-0.4, -0.2) is 30.8 Å². The summed E-state index contributed by atoms with van der Waals surface area (Å²) >= 11 is 0. The summed E-state index contributed by atoms with van der Waals surface area (Å²) in [5.74, 6) is 0.858. The Labute approximate surface area is 130 Å². The molecule has 118 valence electrons. The van der Waals surface area contributed by atoms with Crippen LogP contribution >= 0.6 is 0 Å². The van der Waals surface area contributed by atoms with Gasteiger partial charge in [-0.15, -0.1) is 0 Å². The fraction of sp³-hybridized carbons (Fsp3) is 0.267. The van der Waals surface area contributed by atoms with Crippen LogP contribution in [0.4, 0.5) is 11.6 Å². The number of anilines is 2. The molecule has 2 aromatic heterocycles. The van der Waals surface area contributed by atoms with Gasteiger partial charge in [0, 0.05) is 25.8 Å². The molecule has 3 heterocycles. The van der Waals surface area contributed by atoms with Gasteiger partial charge in [0.2, 0.25) is 5.95 Å². The number of nitrogens with zero attached hydrogens (tertiary/aromatic N) is 4. The van der Waals surface area contributed by atoms with Crippen LogP contribution in [0.25, 0.3) is 11.2 Å². The number of phenolic OH excluding ortho intramolecular Hbond substituents is 1. The fourth-order valence-electron chi connectivity index (χ4n) is 2.99. The van der Waals surface area contributed by atoms with E-state index >= 15 is 0 Å². The van der Waals surface area contributed by atoms with Crippen LogP contribution in [0, 0.1) is 6.92 Å². The van der Waals surface area contributed by atoms with E-state index in [0.717, 1.165) is 11.3 Å². The van der Waals surface area contributed by atoms with Crippen molar-refractivity contribution in [2.24, 2.45) is 7.05 Å². The fourth-order valence-corrected chi connectivity index (χ4v) is 2.99. The minimum absolute atomic E-state index is 0.236. The minimum atomic E-state index is -0.480. The van der Waals surface area contributed by atoms with Crippen molar-refractivity contribution < 1.29 is 5.11 Å². The van der Waals surface area contributed by atoms with Crippen molar-refractivity contribution in [3.63, 3.8) is 0 Å². The molecular weight excluding hydrogens is 298 g/mol. The first-order chi connectivity index (χ1) is 11.0. The molecule has 3 aromatic rings. The second-order valence-corrected chi connectivity index (χ2v) is 5.68. The van der Waals surface area contributed by atoms with Crippen LogP contribution < -0.4 is 16.1 Å². The highest BCUT2D eigenvalue weighted by Crippen LogP contribution is 2.33. The molecule has 2 N–H and O–H groups in total. The largest absolute Gasteiger partial charge is 0.508 e. The predicted molar refractivity (Wildman–Crippen MR) is 85.4 cm³/mol. The van der Waals surface area contributed by atoms with Crippen molar-refractivity contribution in [2.45, 2.75) is 13.5 Å². The normalized spacial score (nSPS) is 13.7. The monoisotopic (exact) mass is 313 g/mol. The lowest BCUT2D eigenvalue weighted by Gasteiger charge is -2.16. The summed E-state index contributed by atoms with van der Waals surface area (Å²) < 4.78 is 3.15. The van der Waals surface area contributed by atoms with Gasteiger partial charge >= 0.3 is 5.69 Å². The molecule has 0 radical (unpaired) electrons. The topological polar surface area (TPSA) is 96.2 Å². The Hall–Kier alpha value is -3.03. The van der Waals surface area contributed by atoms with Crippen LogP contribution in [0.2, 0.25) is 0 Å². The lowest BCUT2D eigenvalue weighted by molar-refractivity contribution is 0.471. The Balaban J connectivity index is 1.95. The highest BCUT2D eigenvalue weighted by atomic mass is 16.3. The summed E-state index contributed by atoms with van der Waals surface area (Å²) in [5, 5.41) is 9.68. The van der Waals surface area contributed by atoms with E-state index in [-0.39, 0.29) is 5.75 Å². The van der Waals surface area contributed by atoms with Crippen LogP contribution in [0.3, 0.4) is 0 Å². The average Bonchev–Trinajstić information content (AvgIpc) is 3.06. The summed E-state index contributed by atoms with van der Waals surface area (Å²) in [5.41, 5.74) is 1.52. The Bertz CT molecular complexity index is 1060. The van der Waals surface area contributed by atoms with Gasteiger partial charge < -0.3 is 14.6 Å². The predicted octanol–water partition coefficient (Wildman–Crippen LogP) is 0.589. The lowest BCUT2D eigenvalue weighted by atomic mass is 10.2. The van der Waals surface area contributed by atoms with E-state index in [2.05, 4.69) is 9.97 Å². The molecule has 8 heteroatoms. The highest BCUT2D eigenvalue weighted by molar-refractivity contribution is 5.77. The third-order valence-corrected chi connectivity index (χ3v) is 4.27. The van der Waals surface area contributed by atoms with Gasteiger partial charge in [0.1, 0.15) is 5.75 Å². The molecule has 0 atom stereocenters. The maximum atomic E-state index is 12.1. The third kappa shape index (κ3) is 1.81. The molecular formula is C15H15N5O3. The van der Waals surface area contributed by atoms with E-state index in [9.17, 15) is 14.7 Å². The van der Waals surface area contributed by atoms with Gasteiger partial charge in [-0.05, 0) is 30.7 Å². The van der Waals surface area contributed by atoms with Crippen LogP contribution in [0.1, 0.15) is 5.56 Å². The molecule has 0 aliphatic carbocycles. The second kappa shape index (κ2) is 4.48. The molecule has 1 aliphatic rings. The van der Waals surface area contributed by atoms with Crippen molar-refractivity contribution in [3.05, 3.63) is 44.6 Å². The van der Waals surface area contributed by atoms with Crippen molar-refractivity contribution in [3.8, 4) is 5.75 Å². The molecule has 0 saturated carbocycles. The van der Waals surface area contributed by atoms with Crippen molar-refractivity contribution >= 4 is 22.8 Å². The number of rotatable bonds is 1. The summed E-state index contributed by atoms with van der Waals surface area (Å²) in [7, 11) is 1.58. The van der Waals surface area contributed by atoms with Gasteiger partial charge in [0.25, 0.3) is 5.56 Å². The van der Waals surface area contributed by atoms with Crippen molar-refractivity contribution in [1.29, 1.82) is 0 Å². The molecule has 0 bridgehead atoms. The Morgan fingerprint density at radius 2 is 2.04 bits per heavy atom. The number of aromatic nitrogens is 4. The molecule has 4 rings (SSSR count). The molecule has 23 heavy (non-hydrogen) atoms. The second-order valence-electron chi connectivity index (χ2n) is 5.68.